The molecule has 0 spiro atoms. The zero-order valence-electron chi connectivity index (χ0n) is 13.6. The molecule has 0 radical (unpaired) electrons. The molecule has 0 aromatic heterocycles. The topological polar surface area (TPSA) is 9.23 Å². The summed E-state index contributed by atoms with van der Waals surface area (Å²) in [5.74, 6) is 0.237. The third kappa shape index (κ3) is 3.19. The van der Waals surface area contributed by atoms with Gasteiger partial charge < -0.3 is 4.74 Å². The monoisotopic (exact) mass is 308 g/mol. The van der Waals surface area contributed by atoms with Crippen LogP contribution >= 0.6 is 0 Å². The lowest BCUT2D eigenvalue weighted by Crippen LogP contribution is -2.31. The van der Waals surface area contributed by atoms with E-state index in [1.807, 2.05) is 0 Å². The summed E-state index contributed by atoms with van der Waals surface area (Å²) in [7, 11) is 0. The van der Waals surface area contributed by atoms with Gasteiger partial charge in [0.25, 0.3) is 0 Å². The maximum absolute atomic E-state index is 14.1. The van der Waals surface area contributed by atoms with Gasteiger partial charge >= 0.3 is 0 Å². The average Bonchev–Trinajstić information content (AvgIpc) is 2.54. The van der Waals surface area contributed by atoms with E-state index in [0.717, 1.165) is 38.7 Å². The second-order valence-electron chi connectivity index (χ2n) is 7.19. The third-order valence-corrected chi connectivity index (χ3v) is 5.72. The molecule has 2 atom stereocenters. The van der Waals surface area contributed by atoms with Crippen molar-refractivity contribution in [3.63, 3.8) is 0 Å². The molecule has 2 unspecified atom stereocenters. The fraction of sp³-hybridized carbons (Fsp3) is 0.684. The van der Waals surface area contributed by atoms with E-state index in [0.29, 0.717) is 29.1 Å². The van der Waals surface area contributed by atoms with Crippen LogP contribution in [0.4, 0.5) is 8.78 Å². The van der Waals surface area contributed by atoms with Gasteiger partial charge in [0.05, 0.1) is 12.7 Å². The van der Waals surface area contributed by atoms with E-state index in [9.17, 15) is 8.78 Å². The SMILES string of the molecule is Cc1ccc(C2CCC(C3CCC(C)OC3)CC2)c(F)c1F. The lowest BCUT2D eigenvalue weighted by molar-refractivity contribution is -0.0282. The average molecular weight is 308 g/mol. The van der Waals surface area contributed by atoms with Gasteiger partial charge in [-0.3, -0.25) is 0 Å². The number of benzene rings is 1. The van der Waals surface area contributed by atoms with Crippen LogP contribution < -0.4 is 0 Å². The lowest BCUT2D eigenvalue weighted by Gasteiger charge is -2.37. The maximum atomic E-state index is 14.1. The van der Waals surface area contributed by atoms with Crippen LogP contribution in [0, 0.1) is 30.4 Å². The zero-order valence-corrected chi connectivity index (χ0v) is 13.6. The molecule has 1 nitrogen and oxygen atoms in total. The Morgan fingerprint density at radius 3 is 2.23 bits per heavy atom. The van der Waals surface area contributed by atoms with Gasteiger partial charge in [0.1, 0.15) is 0 Å². The Bertz CT molecular complexity index is 512. The summed E-state index contributed by atoms with van der Waals surface area (Å²) < 4.78 is 33.7. The predicted octanol–water partition coefficient (Wildman–Crippen LogP) is 5.36. The van der Waals surface area contributed by atoms with Crippen molar-refractivity contribution in [2.24, 2.45) is 11.8 Å². The van der Waals surface area contributed by atoms with E-state index >= 15 is 0 Å². The van der Waals surface area contributed by atoms with Gasteiger partial charge in [-0.25, -0.2) is 8.78 Å². The van der Waals surface area contributed by atoms with Crippen LogP contribution in [0.1, 0.15) is 62.5 Å². The van der Waals surface area contributed by atoms with Crippen molar-refractivity contribution >= 4 is 0 Å². The first kappa shape index (κ1) is 15.9. The summed E-state index contributed by atoms with van der Waals surface area (Å²) in [6.07, 6.45) is 6.97. The van der Waals surface area contributed by atoms with E-state index in [1.54, 1.807) is 19.1 Å². The second kappa shape index (κ2) is 6.66. The quantitative estimate of drug-likeness (QED) is 0.714. The molecule has 0 N–H and O–H groups in total. The summed E-state index contributed by atoms with van der Waals surface area (Å²) >= 11 is 0. The van der Waals surface area contributed by atoms with E-state index in [2.05, 4.69) is 6.92 Å². The Morgan fingerprint density at radius 1 is 0.909 bits per heavy atom. The van der Waals surface area contributed by atoms with Crippen molar-refractivity contribution in [1.82, 2.24) is 0 Å². The Hall–Kier alpha value is -0.960. The second-order valence-corrected chi connectivity index (χ2v) is 7.19. The molecule has 1 saturated carbocycles. The smallest absolute Gasteiger partial charge is 0.162 e. The maximum Gasteiger partial charge on any atom is 0.162 e. The van der Waals surface area contributed by atoms with Gasteiger partial charge in [0.2, 0.25) is 0 Å². The molecule has 1 aliphatic heterocycles. The molecular formula is C19H26F2O. The minimum absolute atomic E-state index is 0.176. The fourth-order valence-electron chi connectivity index (χ4n) is 4.15. The van der Waals surface area contributed by atoms with E-state index in [1.165, 1.54) is 6.42 Å². The summed E-state index contributed by atoms with van der Waals surface area (Å²) in [5.41, 5.74) is 0.971. The summed E-state index contributed by atoms with van der Waals surface area (Å²) in [6.45, 7) is 4.63. The van der Waals surface area contributed by atoms with Crippen LogP contribution in [0.3, 0.4) is 0 Å². The summed E-state index contributed by atoms with van der Waals surface area (Å²) in [6, 6.07) is 3.49. The Morgan fingerprint density at radius 2 is 1.59 bits per heavy atom. The first-order valence-corrected chi connectivity index (χ1v) is 8.62. The highest BCUT2D eigenvalue weighted by Crippen LogP contribution is 2.42. The van der Waals surface area contributed by atoms with Crippen molar-refractivity contribution in [1.29, 1.82) is 0 Å². The highest BCUT2D eigenvalue weighted by molar-refractivity contribution is 5.28. The molecule has 3 rings (SSSR count). The Balaban J connectivity index is 1.61. The minimum atomic E-state index is -0.672. The van der Waals surface area contributed by atoms with Crippen LogP contribution in [0.25, 0.3) is 0 Å². The molecule has 1 aromatic rings. The van der Waals surface area contributed by atoms with E-state index in [4.69, 9.17) is 4.74 Å². The number of ether oxygens (including phenoxy) is 1. The minimum Gasteiger partial charge on any atom is -0.378 e. The molecule has 2 aliphatic rings. The highest BCUT2D eigenvalue weighted by Gasteiger charge is 2.32. The Kier molecular flexibility index (Phi) is 4.82. The van der Waals surface area contributed by atoms with Crippen molar-refractivity contribution < 1.29 is 13.5 Å². The molecule has 1 heterocycles. The van der Waals surface area contributed by atoms with Crippen LogP contribution in [-0.2, 0) is 4.74 Å². The Labute approximate surface area is 132 Å². The number of halogens is 2. The van der Waals surface area contributed by atoms with Crippen LogP contribution in [-0.4, -0.2) is 12.7 Å². The molecule has 2 fully saturated rings. The molecule has 1 saturated heterocycles. The number of aryl methyl sites for hydroxylation is 1. The summed E-state index contributed by atoms with van der Waals surface area (Å²) in [4.78, 5) is 0. The standard InChI is InChI=1S/C19H26F2O/c1-12-3-10-17(19(21)18(12)20)15-8-6-14(7-9-15)16-5-4-13(2)22-11-16/h3,10,13-16H,4-9,11H2,1-2H3. The number of rotatable bonds is 2. The van der Waals surface area contributed by atoms with Gasteiger partial charge in [0.15, 0.2) is 11.6 Å². The predicted molar refractivity (Wildman–Crippen MR) is 83.9 cm³/mol. The first-order valence-electron chi connectivity index (χ1n) is 8.62. The van der Waals surface area contributed by atoms with Crippen molar-refractivity contribution in [3.8, 4) is 0 Å². The molecule has 22 heavy (non-hydrogen) atoms. The molecule has 1 aliphatic carbocycles. The molecule has 1 aromatic carbocycles. The van der Waals surface area contributed by atoms with Crippen LogP contribution in [0.2, 0.25) is 0 Å². The number of hydrogen-bond acceptors (Lipinski definition) is 1. The van der Waals surface area contributed by atoms with E-state index in [-0.39, 0.29) is 5.92 Å². The van der Waals surface area contributed by atoms with Gasteiger partial charge in [-0.1, -0.05) is 12.1 Å². The van der Waals surface area contributed by atoms with Crippen LogP contribution in [0.15, 0.2) is 12.1 Å². The number of hydrogen-bond donors (Lipinski definition) is 0. The first-order chi connectivity index (χ1) is 10.6. The van der Waals surface area contributed by atoms with Crippen molar-refractivity contribution in [3.05, 3.63) is 34.9 Å². The van der Waals surface area contributed by atoms with Gasteiger partial charge in [0, 0.05) is 0 Å². The van der Waals surface area contributed by atoms with Crippen molar-refractivity contribution in [2.45, 2.75) is 64.4 Å². The van der Waals surface area contributed by atoms with Gasteiger partial charge in [-0.05, 0) is 81.3 Å². The van der Waals surface area contributed by atoms with Crippen LogP contribution in [0.5, 0.6) is 0 Å². The third-order valence-electron chi connectivity index (χ3n) is 5.72. The molecule has 0 amide bonds. The van der Waals surface area contributed by atoms with Gasteiger partial charge in [-0.15, -0.1) is 0 Å². The zero-order chi connectivity index (χ0) is 15.7. The fourth-order valence-corrected chi connectivity index (χ4v) is 4.15. The van der Waals surface area contributed by atoms with Crippen molar-refractivity contribution in [2.75, 3.05) is 6.61 Å². The molecular weight excluding hydrogens is 282 g/mol. The largest absolute Gasteiger partial charge is 0.378 e. The normalized spacial score (nSPS) is 32.9. The summed E-state index contributed by atoms with van der Waals surface area (Å²) in [5, 5.41) is 0. The molecule has 0 bridgehead atoms. The van der Waals surface area contributed by atoms with E-state index < -0.39 is 11.6 Å². The van der Waals surface area contributed by atoms with Gasteiger partial charge in [-0.2, -0.15) is 0 Å². The lowest BCUT2D eigenvalue weighted by atomic mass is 9.72. The molecule has 3 heteroatoms. The highest BCUT2D eigenvalue weighted by atomic mass is 19.2. The molecule has 122 valence electrons.